The van der Waals surface area contributed by atoms with Crippen molar-refractivity contribution in [1.82, 2.24) is 0 Å². The molecule has 0 saturated heterocycles. The van der Waals surface area contributed by atoms with Crippen LogP contribution in [0.4, 0.5) is 13.2 Å². The molecule has 1 atom stereocenters. The smallest absolute Gasteiger partial charge is 0.388 e. The summed E-state index contributed by atoms with van der Waals surface area (Å²) in [6.07, 6.45) is -5.09. The topological polar surface area (TPSA) is 54.4 Å². The largest absolute Gasteiger partial charge is 0.417 e. The molecule has 0 aromatic heterocycles. The maximum atomic E-state index is 12.7. The van der Waals surface area contributed by atoms with Gasteiger partial charge in [-0.1, -0.05) is 6.07 Å². The van der Waals surface area contributed by atoms with Gasteiger partial charge in [-0.15, -0.1) is 0 Å². The molecular weight excluding hydrogens is 269 g/mol. The number of aliphatic hydroxyl groups excluding tert-OH is 1. The second-order valence-corrected chi connectivity index (χ2v) is 5.86. The lowest BCUT2D eigenvalue weighted by molar-refractivity contribution is -0.137. The molecule has 0 spiro atoms. The molecule has 0 saturated carbocycles. The predicted octanol–water partition coefficient (Wildman–Crippen LogP) is 2.21. The maximum Gasteiger partial charge on any atom is 0.417 e. The minimum Gasteiger partial charge on any atom is -0.388 e. The lowest BCUT2D eigenvalue weighted by Crippen LogP contribution is -2.12. The Bertz CT molecular complexity index is 627. The lowest BCUT2D eigenvalue weighted by atomic mass is 10.1. The van der Waals surface area contributed by atoms with E-state index in [0.29, 0.717) is 0 Å². The monoisotopic (exact) mass is 278 g/mol. The predicted molar refractivity (Wildman–Crippen MR) is 58.3 cm³/mol. The van der Waals surface area contributed by atoms with E-state index >= 15 is 0 Å². The second kappa shape index (κ2) is 3.83. The Morgan fingerprint density at radius 2 is 1.89 bits per heavy atom. The van der Waals surface area contributed by atoms with Crippen LogP contribution in [0.5, 0.6) is 0 Å². The first kappa shape index (κ1) is 13.1. The van der Waals surface area contributed by atoms with E-state index in [4.69, 9.17) is 0 Å². The second-order valence-electron chi connectivity index (χ2n) is 3.94. The van der Waals surface area contributed by atoms with Gasteiger partial charge in [0.05, 0.1) is 21.5 Å². The first-order valence-electron chi connectivity index (χ1n) is 5.00. The SMILES string of the molecule is CC(O)C1=Cc2c(C(F)(F)F)cccc2S1(=O)=O. The Balaban J connectivity index is 2.76. The third-order valence-electron chi connectivity index (χ3n) is 2.67. The van der Waals surface area contributed by atoms with Gasteiger partial charge in [0.25, 0.3) is 0 Å². The zero-order chi connectivity index (χ0) is 13.7. The van der Waals surface area contributed by atoms with Crippen LogP contribution in [-0.2, 0) is 16.0 Å². The van der Waals surface area contributed by atoms with Gasteiger partial charge < -0.3 is 5.11 Å². The van der Waals surface area contributed by atoms with Gasteiger partial charge in [-0.25, -0.2) is 8.42 Å². The van der Waals surface area contributed by atoms with Crippen molar-refractivity contribution in [2.75, 3.05) is 0 Å². The highest BCUT2D eigenvalue weighted by molar-refractivity contribution is 7.96. The van der Waals surface area contributed by atoms with Crippen molar-refractivity contribution in [1.29, 1.82) is 0 Å². The summed E-state index contributed by atoms with van der Waals surface area (Å²) >= 11 is 0. The summed E-state index contributed by atoms with van der Waals surface area (Å²) in [4.78, 5) is -0.817. The molecule has 18 heavy (non-hydrogen) atoms. The molecule has 0 radical (unpaired) electrons. The molecule has 0 bridgehead atoms. The Labute approximate surface area is 101 Å². The van der Waals surface area contributed by atoms with Crippen LogP contribution < -0.4 is 0 Å². The summed E-state index contributed by atoms with van der Waals surface area (Å²) in [5, 5.41) is 9.32. The first-order chi connectivity index (χ1) is 8.15. The number of halogens is 3. The van der Waals surface area contributed by atoms with E-state index in [1.165, 1.54) is 6.92 Å². The van der Waals surface area contributed by atoms with Gasteiger partial charge in [0.1, 0.15) is 0 Å². The average Bonchev–Trinajstić information content (AvgIpc) is 2.49. The van der Waals surface area contributed by atoms with Crippen molar-refractivity contribution in [3.63, 3.8) is 0 Å². The number of aliphatic hydroxyl groups is 1. The summed E-state index contributed by atoms with van der Waals surface area (Å²) in [5.74, 6) is 0. The number of sulfone groups is 1. The van der Waals surface area contributed by atoms with Crippen molar-refractivity contribution in [3.8, 4) is 0 Å². The standard InChI is InChI=1S/C11H9F3O3S/c1-6(15)10-5-7-8(11(12,13)14)3-2-4-9(7)18(10,16)17/h2-6,15H,1H3. The fourth-order valence-corrected chi connectivity index (χ4v) is 3.56. The van der Waals surface area contributed by atoms with Crippen molar-refractivity contribution < 1.29 is 26.7 Å². The molecule has 1 heterocycles. The van der Waals surface area contributed by atoms with E-state index in [1.54, 1.807) is 0 Å². The van der Waals surface area contributed by atoms with Crippen molar-refractivity contribution >= 4 is 15.9 Å². The highest BCUT2D eigenvalue weighted by Crippen LogP contribution is 2.41. The molecule has 1 aliphatic rings. The molecule has 2 rings (SSSR count). The van der Waals surface area contributed by atoms with Crippen LogP contribution in [0.25, 0.3) is 6.08 Å². The van der Waals surface area contributed by atoms with E-state index in [-0.39, 0.29) is 0 Å². The summed E-state index contributed by atoms with van der Waals surface area (Å²) < 4.78 is 62.0. The van der Waals surface area contributed by atoms with E-state index < -0.39 is 43.0 Å². The summed E-state index contributed by atoms with van der Waals surface area (Å²) in [7, 11) is -4.02. The molecule has 1 aliphatic heterocycles. The highest BCUT2D eigenvalue weighted by Gasteiger charge is 2.40. The Morgan fingerprint density at radius 1 is 1.28 bits per heavy atom. The van der Waals surface area contributed by atoms with Gasteiger partial charge in [0.15, 0.2) is 0 Å². The van der Waals surface area contributed by atoms with Crippen LogP contribution in [0, 0.1) is 0 Å². The minimum absolute atomic E-state index is 0.402. The average molecular weight is 278 g/mol. The third kappa shape index (κ3) is 1.83. The van der Waals surface area contributed by atoms with Crippen LogP contribution >= 0.6 is 0 Å². The molecular formula is C11H9F3O3S. The van der Waals surface area contributed by atoms with Crippen LogP contribution in [0.2, 0.25) is 0 Å². The number of rotatable bonds is 1. The lowest BCUT2D eigenvalue weighted by Gasteiger charge is -2.10. The van der Waals surface area contributed by atoms with Crippen molar-refractivity contribution in [2.45, 2.75) is 24.1 Å². The Hall–Kier alpha value is -1.34. The zero-order valence-electron chi connectivity index (χ0n) is 9.19. The summed E-state index contributed by atoms with van der Waals surface area (Å²) in [5.41, 5.74) is -1.42. The van der Waals surface area contributed by atoms with E-state index in [9.17, 15) is 26.7 Å². The van der Waals surface area contributed by atoms with Crippen molar-refractivity contribution in [3.05, 3.63) is 34.2 Å². The fourth-order valence-electron chi connectivity index (χ4n) is 1.87. The van der Waals surface area contributed by atoms with Crippen molar-refractivity contribution in [2.24, 2.45) is 0 Å². The van der Waals surface area contributed by atoms with Gasteiger partial charge in [-0.3, -0.25) is 0 Å². The molecule has 0 aliphatic carbocycles. The third-order valence-corrected chi connectivity index (χ3v) is 4.68. The number of hydrogen-bond donors (Lipinski definition) is 1. The highest BCUT2D eigenvalue weighted by atomic mass is 32.2. The van der Waals surface area contributed by atoms with Crippen LogP contribution in [0.1, 0.15) is 18.1 Å². The van der Waals surface area contributed by atoms with Gasteiger partial charge in [0.2, 0.25) is 9.84 Å². The van der Waals surface area contributed by atoms with E-state index in [0.717, 1.165) is 24.3 Å². The van der Waals surface area contributed by atoms with Gasteiger partial charge in [-0.05, 0) is 25.1 Å². The van der Waals surface area contributed by atoms with E-state index in [1.807, 2.05) is 0 Å². The fraction of sp³-hybridized carbons (Fsp3) is 0.273. The number of benzene rings is 1. The molecule has 1 aromatic carbocycles. The van der Waals surface area contributed by atoms with Gasteiger partial charge in [-0.2, -0.15) is 13.2 Å². The maximum absolute atomic E-state index is 12.7. The summed E-state index contributed by atoms with van der Waals surface area (Å²) in [6, 6.07) is 2.96. The minimum atomic E-state index is -4.63. The molecule has 1 aromatic rings. The van der Waals surface area contributed by atoms with Gasteiger partial charge >= 0.3 is 6.18 Å². The van der Waals surface area contributed by atoms with Crippen LogP contribution in [0.15, 0.2) is 28.0 Å². The molecule has 98 valence electrons. The molecule has 1 unspecified atom stereocenters. The van der Waals surface area contributed by atoms with Gasteiger partial charge in [0, 0.05) is 5.56 Å². The number of fused-ring (bicyclic) bond motifs is 1. The molecule has 0 fully saturated rings. The normalized spacial score (nSPS) is 19.3. The first-order valence-corrected chi connectivity index (χ1v) is 6.49. The van der Waals surface area contributed by atoms with Crippen LogP contribution in [0.3, 0.4) is 0 Å². The van der Waals surface area contributed by atoms with Crippen LogP contribution in [-0.4, -0.2) is 19.6 Å². The Morgan fingerprint density at radius 3 is 2.39 bits per heavy atom. The molecule has 3 nitrogen and oxygen atoms in total. The summed E-state index contributed by atoms with van der Waals surface area (Å²) in [6.45, 7) is 1.20. The molecule has 7 heteroatoms. The zero-order valence-corrected chi connectivity index (χ0v) is 10.0. The number of alkyl halides is 3. The molecule has 1 N–H and O–H groups in total. The number of hydrogen-bond acceptors (Lipinski definition) is 3. The molecule has 0 amide bonds. The quantitative estimate of drug-likeness (QED) is 0.857. The Kier molecular flexibility index (Phi) is 2.78. The van der Waals surface area contributed by atoms with E-state index in [2.05, 4.69) is 0 Å².